The van der Waals surface area contributed by atoms with E-state index in [4.69, 9.17) is 4.74 Å². The van der Waals surface area contributed by atoms with Crippen LogP contribution in [0.3, 0.4) is 0 Å². The molecule has 8 nitrogen and oxygen atoms in total. The van der Waals surface area contributed by atoms with Crippen LogP contribution in [0.15, 0.2) is 84.9 Å². The predicted octanol–water partition coefficient (Wildman–Crippen LogP) is 5.51. The van der Waals surface area contributed by atoms with Gasteiger partial charge in [-0.2, -0.15) is 0 Å². The summed E-state index contributed by atoms with van der Waals surface area (Å²) in [6, 6.07) is 22.7. The first-order chi connectivity index (χ1) is 19.5. The van der Waals surface area contributed by atoms with E-state index >= 15 is 0 Å². The van der Waals surface area contributed by atoms with E-state index in [1.807, 2.05) is 74.5 Å². The number of para-hydroxylation sites is 1. The van der Waals surface area contributed by atoms with Crippen LogP contribution in [0.4, 0.5) is 4.79 Å². The molecule has 0 fully saturated rings. The van der Waals surface area contributed by atoms with Crippen molar-refractivity contribution in [1.82, 2.24) is 15.5 Å². The fourth-order valence-electron chi connectivity index (χ4n) is 4.49. The van der Waals surface area contributed by atoms with Gasteiger partial charge in [0.1, 0.15) is 23.4 Å². The largest absolute Gasteiger partial charge is 0.508 e. The second-order valence-corrected chi connectivity index (χ2v) is 11.1. The van der Waals surface area contributed by atoms with Crippen LogP contribution in [0, 0.1) is 0 Å². The minimum Gasteiger partial charge on any atom is -0.508 e. The van der Waals surface area contributed by atoms with Gasteiger partial charge in [0.05, 0.1) is 0 Å². The fraction of sp³-hybridized carbons (Fsp3) is 0.364. The molecule has 0 bridgehead atoms. The molecule has 0 saturated heterocycles. The Morgan fingerprint density at radius 3 is 2.00 bits per heavy atom. The summed E-state index contributed by atoms with van der Waals surface area (Å²) in [7, 11) is 0. The highest BCUT2D eigenvalue weighted by Gasteiger charge is 2.39. The van der Waals surface area contributed by atoms with E-state index < -0.39 is 41.6 Å². The molecular weight excluding hydrogens is 518 g/mol. The molecule has 0 radical (unpaired) electrons. The van der Waals surface area contributed by atoms with Crippen LogP contribution in [0.5, 0.6) is 5.75 Å². The molecule has 3 amide bonds. The number of rotatable bonds is 11. The second kappa shape index (κ2) is 14.3. The summed E-state index contributed by atoms with van der Waals surface area (Å²) >= 11 is 0. The van der Waals surface area contributed by atoms with Crippen LogP contribution in [-0.2, 0) is 27.3 Å². The minimum atomic E-state index is -1.15. The lowest BCUT2D eigenvalue weighted by Crippen LogP contribution is -2.56. The summed E-state index contributed by atoms with van der Waals surface area (Å²) in [5.74, 6) is -1.01. The Kier molecular flexibility index (Phi) is 10.9. The summed E-state index contributed by atoms with van der Waals surface area (Å²) in [6.45, 7) is 9.26. The van der Waals surface area contributed by atoms with Crippen molar-refractivity contribution < 1.29 is 24.2 Å². The number of amides is 3. The molecule has 0 aliphatic carbocycles. The quantitative estimate of drug-likeness (QED) is 0.287. The number of carbonyl (C=O) groups excluding carboxylic acids is 3. The SMILES string of the molecule is CCC(C)N(C(=O)C(Cc1ccccc1)NC(=O)OC(C)(C)C)C(C(=O)NCc1ccccc1)c1ccccc1O. The molecule has 8 heteroatoms. The van der Waals surface area contributed by atoms with E-state index in [-0.39, 0.29) is 18.7 Å². The standard InChI is InChI=1S/C33H41N3O5/c1-6-23(2)36(31(39)27(21-24-15-9-7-10-16-24)35-32(40)41-33(3,4)5)29(26-19-13-14-20-28(26)37)30(38)34-22-25-17-11-8-12-18-25/h7-20,23,27,29,37H,6,21-22H2,1-5H3,(H,34,38)(H,35,40). The number of phenols is 1. The first kappa shape index (κ1) is 31.2. The highest BCUT2D eigenvalue weighted by molar-refractivity contribution is 5.93. The number of ether oxygens (including phenoxy) is 1. The van der Waals surface area contributed by atoms with Crippen LogP contribution in [0.2, 0.25) is 0 Å². The van der Waals surface area contributed by atoms with Crippen molar-refractivity contribution in [2.45, 2.75) is 77.7 Å². The first-order valence-corrected chi connectivity index (χ1v) is 13.9. The summed E-state index contributed by atoms with van der Waals surface area (Å²) in [5, 5.41) is 16.5. The number of hydrogen-bond acceptors (Lipinski definition) is 5. The Morgan fingerprint density at radius 2 is 1.44 bits per heavy atom. The normalized spacial score (nSPS) is 13.4. The zero-order valence-electron chi connectivity index (χ0n) is 24.5. The van der Waals surface area contributed by atoms with Gasteiger partial charge in [0, 0.05) is 24.6 Å². The maximum atomic E-state index is 14.4. The summed E-state index contributed by atoms with van der Waals surface area (Å²) in [6.07, 6.45) is -0.0133. The van der Waals surface area contributed by atoms with Gasteiger partial charge in [0.2, 0.25) is 11.8 Å². The van der Waals surface area contributed by atoms with E-state index in [1.165, 1.54) is 11.0 Å². The van der Waals surface area contributed by atoms with Gasteiger partial charge < -0.3 is 25.4 Å². The second-order valence-electron chi connectivity index (χ2n) is 11.1. The molecule has 3 unspecified atom stereocenters. The Hall–Kier alpha value is -4.33. The molecule has 3 rings (SSSR count). The molecule has 3 N–H and O–H groups in total. The number of phenolic OH excluding ortho intramolecular Hbond substituents is 1. The topological polar surface area (TPSA) is 108 Å². The van der Waals surface area contributed by atoms with Crippen molar-refractivity contribution in [2.75, 3.05) is 0 Å². The van der Waals surface area contributed by atoms with Gasteiger partial charge in [-0.25, -0.2) is 4.79 Å². The monoisotopic (exact) mass is 559 g/mol. The smallest absolute Gasteiger partial charge is 0.408 e. The number of benzene rings is 3. The van der Waals surface area contributed by atoms with Crippen LogP contribution >= 0.6 is 0 Å². The highest BCUT2D eigenvalue weighted by atomic mass is 16.6. The lowest BCUT2D eigenvalue weighted by atomic mass is 9.97. The van der Waals surface area contributed by atoms with Crippen molar-refractivity contribution in [3.63, 3.8) is 0 Å². The van der Waals surface area contributed by atoms with Gasteiger partial charge in [-0.3, -0.25) is 9.59 Å². The average Bonchev–Trinajstić information content (AvgIpc) is 2.94. The molecule has 3 atom stereocenters. The average molecular weight is 560 g/mol. The molecule has 41 heavy (non-hydrogen) atoms. The maximum absolute atomic E-state index is 14.4. The first-order valence-electron chi connectivity index (χ1n) is 13.9. The van der Waals surface area contributed by atoms with Gasteiger partial charge in [0.25, 0.3) is 0 Å². The molecular formula is C33H41N3O5. The minimum absolute atomic E-state index is 0.104. The Balaban J connectivity index is 2.04. The van der Waals surface area contributed by atoms with Gasteiger partial charge in [-0.1, -0.05) is 85.8 Å². The van der Waals surface area contributed by atoms with E-state index in [1.54, 1.807) is 39.0 Å². The van der Waals surface area contributed by atoms with Gasteiger partial charge in [-0.15, -0.1) is 0 Å². The zero-order valence-corrected chi connectivity index (χ0v) is 24.5. The predicted molar refractivity (Wildman–Crippen MR) is 159 cm³/mol. The van der Waals surface area contributed by atoms with Crippen molar-refractivity contribution in [1.29, 1.82) is 0 Å². The van der Waals surface area contributed by atoms with E-state index in [2.05, 4.69) is 10.6 Å². The van der Waals surface area contributed by atoms with E-state index in [0.717, 1.165) is 11.1 Å². The number of nitrogens with one attached hydrogen (secondary N) is 2. The molecule has 0 aliphatic heterocycles. The molecule has 0 aromatic heterocycles. The van der Waals surface area contributed by atoms with Crippen molar-refractivity contribution in [2.24, 2.45) is 0 Å². The van der Waals surface area contributed by atoms with Crippen LogP contribution in [0.25, 0.3) is 0 Å². The maximum Gasteiger partial charge on any atom is 0.408 e. The number of alkyl carbamates (subject to hydrolysis) is 1. The molecule has 218 valence electrons. The van der Waals surface area contributed by atoms with Gasteiger partial charge in [0.15, 0.2) is 0 Å². The van der Waals surface area contributed by atoms with Gasteiger partial charge in [-0.05, 0) is 51.3 Å². The summed E-state index contributed by atoms with van der Waals surface area (Å²) < 4.78 is 5.48. The Bertz CT molecular complexity index is 1290. The zero-order chi connectivity index (χ0) is 30.0. The van der Waals surface area contributed by atoms with E-state index in [9.17, 15) is 19.5 Å². The van der Waals surface area contributed by atoms with E-state index in [0.29, 0.717) is 12.0 Å². The molecule has 3 aromatic rings. The molecule has 0 heterocycles. The Morgan fingerprint density at radius 1 is 0.878 bits per heavy atom. The lowest BCUT2D eigenvalue weighted by molar-refractivity contribution is -0.145. The van der Waals surface area contributed by atoms with Crippen LogP contribution in [0.1, 0.15) is 63.8 Å². The third-order valence-corrected chi connectivity index (χ3v) is 6.66. The van der Waals surface area contributed by atoms with Crippen molar-refractivity contribution in [3.8, 4) is 5.75 Å². The lowest BCUT2D eigenvalue weighted by Gasteiger charge is -2.38. The summed E-state index contributed by atoms with van der Waals surface area (Å²) in [5.41, 5.74) is 1.25. The van der Waals surface area contributed by atoms with Gasteiger partial charge >= 0.3 is 6.09 Å². The molecule has 3 aromatic carbocycles. The molecule has 0 saturated carbocycles. The molecule has 0 spiro atoms. The molecule has 0 aliphatic rings. The Labute approximate surface area is 242 Å². The number of hydrogen-bond donors (Lipinski definition) is 3. The van der Waals surface area contributed by atoms with Crippen LogP contribution < -0.4 is 10.6 Å². The van der Waals surface area contributed by atoms with Crippen LogP contribution in [-0.4, -0.2) is 45.6 Å². The highest BCUT2D eigenvalue weighted by Crippen LogP contribution is 2.32. The van der Waals surface area contributed by atoms with Crippen molar-refractivity contribution >= 4 is 17.9 Å². The number of carbonyl (C=O) groups is 3. The van der Waals surface area contributed by atoms with Crippen molar-refractivity contribution in [3.05, 3.63) is 102 Å². The third-order valence-electron chi connectivity index (χ3n) is 6.66. The fourth-order valence-corrected chi connectivity index (χ4v) is 4.49. The number of aromatic hydroxyl groups is 1. The third kappa shape index (κ3) is 9.10. The summed E-state index contributed by atoms with van der Waals surface area (Å²) in [4.78, 5) is 42.7. The number of nitrogens with zero attached hydrogens (tertiary/aromatic N) is 1.